The van der Waals surface area contributed by atoms with E-state index in [0.717, 1.165) is 18.7 Å². The lowest BCUT2D eigenvalue weighted by atomic mass is 9.88. The Labute approximate surface area is 146 Å². The molecule has 1 rings (SSSR count). The van der Waals surface area contributed by atoms with Crippen LogP contribution in [-0.2, 0) is 17.8 Å². The summed E-state index contributed by atoms with van der Waals surface area (Å²) in [7, 11) is 0. The number of amides is 1. The van der Waals surface area contributed by atoms with Gasteiger partial charge in [0.05, 0.1) is 12.0 Å². The molecule has 0 saturated carbocycles. The third-order valence-corrected chi connectivity index (χ3v) is 4.21. The number of nitrogens with one attached hydrogen (secondary N) is 2. The lowest BCUT2D eigenvalue weighted by Crippen LogP contribution is -2.55. The predicted octanol–water partition coefficient (Wildman–Crippen LogP) is 3.32. The van der Waals surface area contributed by atoms with Crippen LogP contribution in [0, 0.1) is 5.92 Å². The molecule has 0 aromatic carbocycles. The third kappa shape index (κ3) is 6.51. The van der Waals surface area contributed by atoms with Crippen LogP contribution in [0.4, 0.5) is 4.79 Å². The molecule has 1 unspecified atom stereocenters. The Hall–Kier alpha value is -1.56. The van der Waals surface area contributed by atoms with Crippen molar-refractivity contribution in [1.82, 2.24) is 20.2 Å². The topological polar surface area (TPSA) is 68.2 Å². The van der Waals surface area contributed by atoms with Crippen LogP contribution in [0.5, 0.6) is 0 Å². The van der Waals surface area contributed by atoms with E-state index >= 15 is 0 Å². The minimum atomic E-state index is -0.488. The van der Waals surface area contributed by atoms with E-state index in [1.165, 1.54) is 0 Å². The van der Waals surface area contributed by atoms with E-state index in [0.29, 0.717) is 19.0 Å². The van der Waals surface area contributed by atoms with Gasteiger partial charge >= 0.3 is 6.09 Å². The van der Waals surface area contributed by atoms with Crippen LogP contribution in [0.25, 0.3) is 0 Å². The van der Waals surface area contributed by atoms with Gasteiger partial charge in [-0.2, -0.15) is 0 Å². The van der Waals surface area contributed by atoms with Crippen molar-refractivity contribution < 1.29 is 9.53 Å². The standard InChI is InChI=1S/C18H34N4O2/c1-8-9-22-13-19-10-15(22)11-21-18(7,14(2)3)12-20-16(23)24-17(4,5)6/h10,13-14,21H,8-9,11-12H2,1-7H3,(H,20,23). The zero-order chi connectivity index (χ0) is 18.4. The van der Waals surface area contributed by atoms with Crippen molar-refractivity contribution in [2.45, 2.75) is 79.1 Å². The minimum absolute atomic E-state index is 0.238. The Morgan fingerprint density at radius 1 is 1.33 bits per heavy atom. The number of nitrogens with zero attached hydrogens (tertiary/aromatic N) is 2. The molecule has 1 heterocycles. The molecule has 1 aromatic heterocycles. The predicted molar refractivity (Wildman–Crippen MR) is 96.8 cm³/mol. The van der Waals surface area contributed by atoms with Crippen molar-refractivity contribution >= 4 is 6.09 Å². The highest BCUT2D eigenvalue weighted by Gasteiger charge is 2.29. The highest BCUT2D eigenvalue weighted by atomic mass is 16.6. The maximum atomic E-state index is 11.9. The Morgan fingerprint density at radius 2 is 2.00 bits per heavy atom. The van der Waals surface area contributed by atoms with Crippen LogP contribution in [0.1, 0.15) is 60.6 Å². The summed E-state index contributed by atoms with van der Waals surface area (Å²) in [4.78, 5) is 16.2. The third-order valence-electron chi connectivity index (χ3n) is 4.21. The van der Waals surface area contributed by atoms with E-state index in [4.69, 9.17) is 4.74 Å². The van der Waals surface area contributed by atoms with Gasteiger partial charge in [0, 0.05) is 31.4 Å². The number of aryl methyl sites for hydroxylation is 1. The monoisotopic (exact) mass is 338 g/mol. The van der Waals surface area contributed by atoms with Crippen molar-refractivity contribution in [2.24, 2.45) is 5.92 Å². The lowest BCUT2D eigenvalue weighted by molar-refractivity contribution is 0.0503. The fourth-order valence-electron chi connectivity index (χ4n) is 2.27. The van der Waals surface area contributed by atoms with Gasteiger partial charge in [-0.1, -0.05) is 20.8 Å². The molecular formula is C18H34N4O2. The van der Waals surface area contributed by atoms with Gasteiger partial charge in [-0.15, -0.1) is 0 Å². The Bertz CT molecular complexity index is 519. The zero-order valence-electron chi connectivity index (χ0n) is 16.3. The smallest absolute Gasteiger partial charge is 0.407 e. The number of aromatic nitrogens is 2. The van der Waals surface area contributed by atoms with Crippen molar-refractivity contribution in [3.05, 3.63) is 18.2 Å². The van der Waals surface area contributed by atoms with Gasteiger partial charge < -0.3 is 19.9 Å². The summed E-state index contributed by atoms with van der Waals surface area (Å²) >= 11 is 0. The fourth-order valence-corrected chi connectivity index (χ4v) is 2.27. The zero-order valence-corrected chi connectivity index (χ0v) is 16.3. The minimum Gasteiger partial charge on any atom is -0.444 e. The molecule has 1 atom stereocenters. The van der Waals surface area contributed by atoms with E-state index in [9.17, 15) is 4.79 Å². The summed E-state index contributed by atoms with van der Waals surface area (Å²) in [5.41, 5.74) is 0.428. The van der Waals surface area contributed by atoms with Crippen LogP contribution in [0.15, 0.2) is 12.5 Å². The summed E-state index contributed by atoms with van der Waals surface area (Å²) in [5.74, 6) is 0.343. The van der Waals surface area contributed by atoms with Gasteiger partial charge in [0.2, 0.25) is 0 Å². The molecule has 0 fully saturated rings. The molecule has 0 aliphatic heterocycles. The maximum Gasteiger partial charge on any atom is 0.407 e. The molecule has 24 heavy (non-hydrogen) atoms. The van der Waals surface area contributed by atoms with Crippen LogP contribution < -0.4 is 10.6 Å². The second-order valence-corrected chi connectivity index (χ2v) is 7.86. The number of hydrogen-bond acceptors (Lipinski definition) is 4. The van der Waals surface area contributed by atoms with E-state index in [2.05, 4.69) is 47.9 Å². The van der Waals surface area contributed by atoms with Crippen molar-refractivity contribution in [3.8, 4) is 0 Å². The quantitative estimate of drug-likeness (QED) is 0.763. The number of alkyl carbamates (subject to hydrolysis) is 1. The molecule has 0 spiro atoms. The highest BCUT2D eigenvalue weighted by molar-refractivity contribution is 5.67. The molecule has 1 aromatic rings. The number of imidazole rings is 1. The summed E-state index contributed by atoms with van der Waals surface area (Å²) in [5, 5.41) is 6.47. The molecule has 2 N–H and O–H groups in total. The average molecular weight is 338 g/mol. The summed E-state index contributed by atoms with van der Waals surface area (Å²) in [6.45, 7) is 16.3. The lowest BCUT2D eigenvalue weighted by Gasteiger charge is -2.35. The SMILES string of the molecule is CCCn1cncc1CNC(C)(CNC(=O)OC(C)(C)C)C(C)C. The second kappa shape index (κ2) is 8.51. The first-order valence-electron chi connectivity index (χ1n) is 8.78. The average Bonchev–Trinajstić information content (AvgIpc) is 2.89. The van der Waals surface area contributed by atoms with Gasteiger partial charge in [-0.25, -0.2) is 9.78 Å². The first kappa shape index (κ1) is 20.5. The maximum absolute atomic E-state index is 11.9. The summed E-state index contributed by atoms with van der Waals surface area (Å²) in [6.07, 6.45) is 4.45. The fraction of sp³-hybridized carbons (Fsp3) is 0.778. The van der Waals surface area contributed by atoms with Crippen molar-refractivity contribution in [1.29, 1.82) is 0 Å². The van der Waals surface area contributed by atoms with Crippen LogP contribution in [-0.4, -0.2) is 33.3 Å². The number of ether oxygens (including phenoxy) is 1. The Morgan fingerprint density at radius 3 is 2.54 bits per heavy atom. The summed E-state index contributed by atoms with van der Waals surface area (Å²) < 4.78 is 7.48. The number of carbonyl (C=O) groups is 1. The Balaban J connectivity index is 2.64. The molecule has 0 aliphatic carbocycles. The molecule has 0 saturated heterocycles. The van der Waals surface area contributed by atoms with Crippen LogP contribution in [0.2, 0.25) is 0 Å². The highest BCUT2D eigenvalue weighted by Crippen LogP contribution is 2.17. The molecule has 0 bridgehead atoms. The normalized spacial score (nSPS) is 14.5. The first-order valence-corrected chi connectivity index (χ1v) is 8.78. The van der Waals surface area contributed by atoms with Gasteiger partial charge in [0.1, 0.15) is 5.60 Å². The molecule has 6 heteroatoms. The van der Waals surface area contributed by atoms with E-state index in [1.54, 1.807) is 0 Å². The van der Waals surface area contributed by atoms with Gasteiger partial charge in [-0.05, 0) is 40.0 Å². The Kier molecular flexibility index (Phi) is 7.27. The molecule has 0 aliphatic rings. The first-order chi connectivity index (χ1) is 11.1. The van der Waals surface area contributed by atoms with Crippen molar-refractivity contribution in [2.75, 3.05) is 6.54 Å². The number of hydrogen-bond donors (Lipinski definition) is 2. The van der Waals surface area contributed by atoms with E-state index < -0.39 is 5.60 Å². The largest absolute Gasteiger partial charge is 0.444 e. The number of rotatable bonds is 8. The van der Waals surface area contributed by atoms with Crippen LogP contribution in [0.3, 0.4) is 0 Å². The van der Waals surface area contributed by atoms with E-state index in [-0.39, 0.29) is 11.6 Å². The van der Waals surface area contributed by atoms with Crippen LogP contribution >= 0.6 is 0 Å². The second-order valence-electron chi connectivity index (χ2n) is 7.86. The molecule has 138 valence electrons. The van der Waals surface area contributed by atoms with E-state index in [1.807, 2.05) is 33.3 Å². The van der Waals surface area contributed by atoms with Gasteiger partial charge in [-0.3, -0.25) is 0 Å². The van der Waals surface area contributed by atoms with Gasteiger partial charge in [0.15, 0.2) is 0 Å². The molecule has 1 amide bonds. The molecular weight excluding hydrogens is 304 g/mol. The molecule has 6 nitrogen and oxygen atoms in total. The van der Waals surface area contributed by atoms with Crippen molar-refractivity contribution in [3.63, 3.8) is 0 Å². The van der Waals surface area contributed by atoms with Gasteiger partial charge in [0.25, 0.3) is 0 Å². The molecule has 0 radical (unpaired) electrons. The number of carbonyl (C=O) groups excluding carboxylic acids is 1. The summed E-state index contributed by atoms with van der Waals surface area (Å²) in [6, 6.07) is 0.